The summed E-state index contributed by atoms with van der Waals surface area (Å²) in [5.41, 5.74) is 0.365. The van der Waals surface area contributed by atoms with Crippen LogP contribution in [-0.2, 0) is 0 Å². The van der Waals surface area contributed by atoms with E-state index >= 15 is 0 Å². The molecule has 1 aromatic carbocycles. The summed E-state index contributed by atoms with van der Waals surface area (Å²) in [6.07, 6.45) is 4.48. The van der Waals surface area contributed by atoms with E-state index in [1.807, 2.05) is 13.8 Å². The number of nitrogens with one attached hydrogen (secondary N) is 2. The molecule has 0 radical (unpaired) electrons. The average Bonchev–Trinajstić information content (AvgIpc) is 3.16. The maximum absolute atomic E-state index is 12.5. The second-order valence-electron chi connectivity index (χ2n) is 6.33. The summed E-state index contributed by atoms with van der Waals surface area (Å²) in [5.74, 6) is 1.25. The summed E-state index contributed by atoms with van der Waals surface area (Å²) >= 11 is 12.3. The quantitative estimate of drug-likeness (QED) is 0.604. The maximum Gasteiger partial charge on any atom is 0.319 e. The molecule has 0 aliphatic rings. The molecule has 2 amide bonds. The molecule has 3 aromatic rings. The second-order valence-corrected chi connectivity index (χ2v) is 7.14. The van der Waals surface area contributed by atoms with Gasteiger partial charge in [0.1, 0.15) is 12.1 Å². The van der Waals surface area contributed by atoms with Crippen molar-refractivity contribution in [2.75, 3.05) is 5.32 Å². The summed E-state index contributed by atoms with van der Waals surface area (Å²) in [7, 11) is 0. The van der Waals surface area contributed by atoms with Crippen molar-refractivity contribution >= 4 is 34.9 Å². The largest absolute Gasteiger partial charge is 0.489 e. The Kier molecular flexibility index (Phi) is 6.50. The van der Waals surface area contributed by atoms with Gasteiger partial charge in [0.2, 0.25) is 0 Å². The van der Waals surface area contributed by atoms with Crippen molar-refractivity contribution in [3.05, 3.63) is 52.8 Å². The summed E-state index contributed by atoms with van der Waals surface area (Å²) < 4.78 is 7.08. The number of amides is 2. The van der Waals surface area contributed by atoms with E-state index in [9.17, 15) is 4.79 Å². The Morgan fingerprint density at radius 2 is 1.83 bits per heavy atom. The number of anilines is 1. The summed E-state index contributed by atoms with van der Waals surface area (Å²) in [6, 6.07) is 3.82. The molecule has 9 nitrogen and oxygen atoms in total. The van der Waals surface area contributed by atoms with Crippen LogP contribution in [0.4, 0.5) is 10.5 Å². The highest BCUT2D eigenvalue weighted by molar-refractivity contribution is 6.37. The van der Waals surface area contributed by atoms with Crippen molar-refractivity contribution in [2.45, 2.75) is 32.9 Å². The van der Waals surface area contributed by atoms with Crippen LogP contribution in [0, 0.1) is 0 Å². The fraction of sp³-hybridized carbons (Fsp3) is 0.278. The van der Waals surface area contributed by atoms with Crippen molar-refractivity contribution in [1.82, 2.24) is 30.0 Å². The highest BCUT2D eigenvalue weighted by atomic mass is 35.5. The van der Waals surface area contributed by atoms with E-state index < -0.39 is 12.1 Å². The zero-order valence-corrected chi connectivity index (χ0v) is 17.4. The first-order chi connectivity index (χ1) is 13.8. The predicted molar refractivity (Wildman–Crippen MR) is 110 cm³/mol. The van der Waals surface area contributed by atoms with Crippen LogP contribution in [-0.4, -0.2) is 36.9 Å². The Bertz CT molecular complexity index is 995. The molecule has 0 aliphatic carbocycles. The Morgan fingerprint density at radius 3 is 2.52 bits per heavy atom. The number of halogens is 2. The average molecular weight is 436 g/mol. The van der Waals surface area contributed by atoms with Crippen LogP contribution in [0.15, 0.2) is 36.9 Å². The standard InChI is InChI=1S/C18H19Cl2N7O2/c1-10(2)29-15-8-14(12(19)7-13(15)20)26-18(28)25-11(3)16-23-9-24-27(16)17-21-5-4-6-22-17/h4-11H,1-3H3,(H2,25,26,28)/t11-/m0/s1. The lowest BCUT2D eigenvalue weighted by Gasteiger charge is -2.17. The van der Waals surface area contributed by atoms with Gasteiger partial charge in [0.25, 0.3) is 5.95 Å². The molecule has 11 heteroatoms. The van der Waals surface area contributed by atoms with Gasteiger partial charge in [-0.1, -0.05) is 23.2 Å². The monoisotopic (exact) mass is 435 g/mol. The van der Waals surface area contributed by atoms with Gasteiger partial charge in [-0.15, -0.1) is 0 Å². The normalized spacial score (nSPS) is 11.9. The van der Waals surface area contributed by atoms with Crippen molar-refractivity contribution in [3.63, 3.8) is 0 Å². The van der Waals surface area contributed by atoms with Crippen LogP contribution in [0.1, 0.15) is 32.6 Å². The van der Waals surface area contributed by atoms with Crippen LogP contribution < -0.4 is 15.4 Å². The minimum atomic E-state index is -0.487. The van der Waals surface area contributed by atoms with Crippen molar-refractivity contribution in [2.24, 2.45) is 0 Å². The summed E-state index contributed by atoms with van der Waals surface area (Å²) in [6.45, 7) is 5.51. The zero-order chi connectivity index (χ0) is 21.0. The molecule has 0 aliphatic heterocycles. The van der Waals surface area contributed by atoms with E-state index in [1.54, 1.807) is 31.5 Å². The maximum atomic E-state index is 12.5. The molecule has 0 fully saturated rings. The fourth-order valence-electron chi connectivity index (χ4n) is 2.49. The van der Waals surface area contributed by atoms with E-state index in [0.29, 0.717) is 28.2 Å². The molecule has 0 saturated heterocycles. The molecule has 1 atom stereocenters. The number of carbonyl (C=O) groups excluding carboxylic acids is 1. The van der Waals surface area contributed by atoms with Gasteiger partial charge in [0, 0.05) is 18.5 Å². The molecular formula is C18H19Cl2N7O2. The van der Waals surface area contributed by atoms with Crippen molar-refractivity contribution in [3.8, 4) is 11.7 Å². The van der Waals surface area contributed by atoms with Crippen molar-refractivity contribution < 1.29 is 9.53 Å². The molecule has 0 saturated carbocycles. The first-order valence-corrected chi connectivity index (χ1v) is 9.51. The molecule has 0 unspecified atom stereocenters. The van der Waals surface area contributed by atoms with Crippen LogP contribution in [0.5, 0.6) is 5.75 Å². The molecule has 2 aromatic heterocycles. The van der Waals surface area contributed by atoms with Gasteiger partial charge in [-0.25, -0.2) is 19.7 Å². The van der Waals surface area contributed by atoms with Crippen LogP contribution in [0.2, 0.25) is 10.0 Å². The Labute approximate surface area is 177 Å². The lowest BCUT2D eigenvalue weighted by atomic mass is 10.3. The predicted octanol–water partition coefficient (Wildman–Crippen LogP) is 4.03. The minimum Gasteiger partial charge on any atom is -0.489 e. The van der Waals surface area contributed by atoms with Gasteiger partial charge < -0.3 is 15.4 Å². The third-order valence-electron chi connectivity index (χ3n) is 3.68. The molecule has 152 valence electrons. The summed E-state index contributed by atoms with van der Waals surface area (Å²) in [5, 5.41) is 10.2. The number of urea groups is 1. The van der Waals surface area contributed by atoms with Crippen LogP contribution in [0.3, 0.4) is 0 Å². The van der Waals surface area contributed by atoms with E-state index in [0.717, 1.165) is 0 Å². The van der Waals surface area contributed by atoms with E-state index in [1.165, 1.54) is 17.1 Å². The van der Waals surface area contributed by atoms with Gasteiger partial charge in [-0.05, 0) is 32.9 Å². The van der Waals surface area contributed by atoms with Gasteiger partial charge in [-0.3, -0.25) is 0 Å². The van der Waals surface area contributed by atoms with E-state index in [2.05, 4.69) is 30.7 Å². The van der Waals surface area contributed by atoms with Gasteiger partial charge in [0.05, 0.1) is 27.9 Å². The van der Waals surface area contributed by atoms with Crippen molar-refractivity contribution in [1.29, 1.82) is 0 Å². The smallest absolute Gasteiger partial charge is 0.319 e. The summed E-state index contributed by atoms with van der Waals surface area (Å²) in [4.78, 5) is 25.0. The highest BCUT2D eigenvalue weighted by Crippen LogP contribution is 2.34. The number of carbonyl (C=O) groups is 1. The lowest BCUT2D eigenvalue weighted by Crippen LogP contribution is -2.32. The Morgan fingerprint density at radius 1 is 1.10 bits per heavy atom. The molecule has 0 bridgehead atoms. The SMILES string of the molecule is CC(C)Oc1cc(NC(=O)N[C@@H](C)c2ncnn2-c2ncccn2)c(Cl)cc1Cl. The molecule has 2 N–H and O–H groups in total. The first kappa shape index (κ1) is 20.8. The molecular weight excluding hydrogens is 417 g/mol. The first-order valence-electron chi connectivity index (χ1n) is 8.75. The lowest BCUT2D eigenvalue weighted by molar-refractivity contribution is 0.242. The van der Waals surface area contributed by atoms with E-state index in [4.69, 9.17) is 27.9 Å². The van der Waals surface area contributed by atoms with Gasteiger partial charge in [-0.2, -0.15) is 9.78 Å². The third kappa shape index (κ3) is 5.12. The fourth-order valence-corrected chi connectivity index (χ4v) is 2.96. The number of hydrogen-bond donors (Lipinski definition) is 2. The molecule has 3 rings (SSSR count). The number of hydrogen-bond acceptors (Lipinski definition) is 6. The number of rotatable bonds is 6. The minimum absolute atomic E-state index is 0.0815. The molecule has 29 heavy (non-hydrogen) atoms. The number of benzene rings is 1. The molecule has 0 spiro atoms. The molecule has 2 heterocycles. The number of nitrogens with zero attached hydrogens (tertiary/aromatic N) is 5. The Balaban J connectivity index is 1.73. The highest BCUT2D eigenvalue weighted by Gasteiger charge is 2.19. The van der Waals surface area contributed by atoms with Crippen LogP contribution in [0.25, 0.3) is 5.95 Å². The van der Waals surface area contributed by atoms with Gasteiger partial charge >= 0.3 is 6.03 Å². The van der Waals surface area contributed by atoms with Gasteiger partial charge in [0.15, 0.2) is 5.82 Å². The Hall–Kier alpha value is -2.91. The third-order valence-corrected chi connectivity index (χ3v) is 4.29. The van der Waals surface area contributed by atoms with Crippen LogP contribution >= 0.6 is 23.2 Å². The topological polar surface area (TPSA) is 107 Å². The number of ether oxygens (including phenoxy) is 1. The number of aromatic nitrogens is 5. The zero-order valence-electron chi connectivity index (χ0n) is 15.9. The van der Waals surface area contributed by atoms with E-state index in [-0.39, 0.29) is 11.1 Å². The second kappa shape index (κ2) is 9.06.